The lowest BCUT2D eigenvalue weighted by Crippen LogP contribution is -2.18. The molecule has 0 spiro atoms. The number of carboxylic acid groups (broad SMARTS) is 1. The maximum Gasteiger partial charge on any atom is 0.307 e. The number of amides is 1. The number of carbonyl (C=O) groups is 2. The number of rotatable bonds is 3. The standard InChI is InChI=1S/C13H12Cl3NO3/c1-13(2)9(10(13)12(19)20)11(18)17-8-4-6(15)5(14)3-7(8)16/h3-4,9-10H,1-2H3,(H,17,18)(H,19,20)/t9-,10+/m1/s1. The van der Waals surface area contributed by atoms with Crippen LogP contribution in [0.15, 0.2) is 12.1 Å². The molecular formula is C13H12Cl3NO3. The van der Waals surface area contributed by atoms with Crippen LogP contribution in [0.1, 0.15) is 13.8 Å². The van der Waals surface area contributed by atoms with Crippen LogP contribution in [0.3, 0.4) is 0 Å². The van der Waals surface area contributed by atoms with Gasteiger partial charge in [0.2, 0.25) is 5.91 Å². The van der Waals surface area contributed by atoms with E-state index in [1.165, 1.54) is 12.1 Å². The topological polar surface area (TPSA) is 66.4 Å². The van der Waals surface area contributed by atoms with Crippen LogP contribution < -0.4 is 5.32 Å². The van der Waals surface area contributed by atoms with Crippen LogP contribution >= 0.6 is 34.8 Å². The summed E-state index contributed by atoms with van der Waals surface area (Å²) in [5.74, 6) is -2.65. The summed E-state index contributed by atoms with van der Waals surface area (Å²) in [6.45, 7) is 3.49. The maximum atomic E-state index is 12.1. The van der Waals surface area contributed by atoms with Gasteiger partial charge in [0.25, 0.3) is 0 Å². The molecule has 0 heterocycles. The van der Waals surface area contributed by atoms with Gasteiger partial charge in [0.05, 0.1) is 32.6 Å². The Kier molecular flexibility index (Phi) is 3.93. The lowest BCUT2D eigenvalue weighted by atomic mass is 10.1. The molecule has 1 amide bonds. The number of halogens is 3. The van der Waals surface area contributed by atoms with Gasteiger partial charge in [-0.25, -0.2) is 0 Å². The molecule has 1 aromatic rings. The van der Waals surface area contributed by atoms with Crippen LogP contribution in [-0.4, -0.2) is 17.0 Å². The lowest BCUT2D eigenvalue weighted by molar-refractivity contribution is -0.140. The Labute approximate surface area is 131 Å². The van der Waals surface area contributed by atoms with E-state index in [0.29, 0.717) is 5.69 Å². The molecule has 108 valence electrons. The number of aliphatic carboxylic acids is 1. The summed E-state index contributed by atoms with van der Waals surface area (Å²) < 4.78 is 0. The molecule has 2 atom stereocenters. The van der Waals surface area contributed by atoms with Crippen molar-refractivity contribution in [3.05, 3.63) is 27.2 Å². The van der Waals surface area contributed by atoms with Crippen molar-refractivity contribution in [2.24, 2.45) is 17.3 Å². The first-order valence-corrected chi connectivity index (χ1v) is 6.98. The third-order valence-electron chi connectivity index (χ3n) is 3.64. The van der Waals surface area contributed by atoms with Crippen LogP contribution in [0, 0.1) is 17.3 Å². The third-order valence-corrected chi connectivity index (χ3v) is 4.68. The summed E-state index contributed by atoms with van der Waals surface area (Å²) in [5.41, 5.74) is -0.253. The molecule has 1 aliphatic rings. The van der Waals surface area contributed by atoms with E-state index in [4.69, 9.17) is 39.9 Å². The summed E-state index contributed by atoms with van der Waals surface area (Å²) in [7, 11) is 0. The number of carboxylic acids is 1. The van der Waals surface area contributed by atoms with Gasteiger partial charge in [0.15, 0.2) is 0 Å². The van der Waals surface area contributed by atoms with Crippen molar-refractivity contribution in [3.63, 3.8) is 0 Å². The molecule has 2 rings (SSSR count). The Morgan fingerprint density at radius 1 is 1.10 bits per heavy atom. The molecule has 7 heteroatoms. The van der Waals surface area contributed by atoms with Crippen molar-refractivity contribution in [3.8, 4) is 0 Å². The van der Waals surface area contributed by atoms with Crippen molar-refractivity contribution in [2.75, 3.05) is 5.32 Å². The predicted octanol–water partition coefficient (Wildman–Crippen LogP) is 3.94. The molecule has 1 fully saturated rings. The van der Waals surface area contributed by atoms with E-state index < -0.39 is 23.2 Å². The molecule has 4 nitrogen and oxygen atoms in total. The average molecular weight is 337 g/mol. The van der Waals surface area contributed by atoms with Crippen molar-refractivity contribution < 1.29 is 14.7 Å². The van der Waals surface area contributed by atoms with Crippen LogP contribution in [0.25, 0.3) is 0 Å². The highest BCUT2D eigenvalue weighted by atomic mass is 35.5. The number of anilines is 1. The molecule has 2 N–H and O–H groups in total. The van der Waals surface area contributed by atoms with E-state index in [9.17, 15) is 9.59 Å². The van der Waals surface area contributed by atoms with Gasteiger partial charge in [-0.3, -0.25) is 9.59 Å². The molecule has 1 saturated carbocycles. The van der Waals surface area contributed by atoms with E-state index in [2.05, 4.69) is 5.32 Å². The Morgan fingerprint density at radius 2 is 1.65 bits per heavy atom. The van der Waals surface area contributed by atoms with Crippen LogP contribution in [0.2, 0.25) is 15.1 Å². The Hall–Kier alpha value is -0.970. The monoisotopic (exact) mass is 335 g/mol. The zero-order valence-corrected chi connectivity index (χ0v) is 13.0. The highest BCUT2D eigenvalue weighted by molar-refractivity contribution is 6.44. The molecule has 0 aromatic heterocycles. The number of nitrogens with one attached hydrogen (secondary N) is 1. The van der Waals surface area contributed by atoms with Gasteiger partial charge in [0.1, 0.15) is 0 Å². The third kappa shape index (κ3) is 2.60. The van der Waals surface area contributed by atoms with E-state index >= 15 is 0 Å². The van der Waals surface area contributed by atoms with E-state index in [1.54, 1.807) is 13.8 Å². The molecule has 1 aromatic carbocycles. The van der Waals surface area contributed by atoms with Gasteiger partial charge >= 0.3 is 5.97 Å². The predicted molar refractivity (Wildman–Crippen MR) is 78.5 cm³/mol. The Balaban J connectivity index is 2.18. The largest absolute Gasteiger partial charge is 0.481 e. The Bertz CT molecular complexity index is 601. The second kappa shape index (κ2) is 5.10. The summed E-state index contributed by atoms with van der Waals surface area (Å²) >= 11 is 17.6. The number of benzene rings is 1. The molecule has 1 aliphatic carbocycles. The average Bonchev–Trinajstić information content (AvgIpc) is 2.89. The van der Waals surface area contributed by atoms with Gasteiger partial charge in [-0.05, 0) is 17.5 Å². The van der Waals surface area contributed by atoms with Gasteiger partial charge in [0, 0.05) is 0 Å². The molecule has 0 saturated heterocycles. The van der Waals surface area contributed by atoms with Crippen molar-refractivity contribution >= 4 is 52.4 Å². The lowest BCUT2D eigenvalue weighted by Gasteiger charge is -2.09. The maximum absolute atomic E-state index is 12.1. The number of hydrogen-bond acceptors (Lipinski definition) is 2. The fourth-order valence-electron chi connectivity index (χ4n) is 2.42. The zero-order chi connectivity index (χ0) is 15.2. The van der Waals surface area contributed by atoms with E-state index in [1.807, 2.05) is 0 Å². The van der Waals surface area contributed by atoms with Gasteiger partial charge in [-0.15, -0.1) is 0 Å². The van der Waals surface area contributed by atoms with Crippen molar-refractivity contribution in [1.82, 2.24) is 0 Å². The van der Waals surface area contributed by atoms with Crippen LogP contribution in [0.4, 0.5) is 5.69 Å². The van der Waals surface area contributed by atoms with Crippen LogP contribution in [-0.2, 0) is 9.59 Å². The minimum absolute atomic E-state index is 0.248. The van der Waals surface area contributed by atoms with Gasteiger partial charge in [-0.1, -0.05) is 48.7 Å². The fraction of sp³-hybridized carbons (Fsp3) is 0.385. The molecule has 0 aliphatic heterocycles. The SMILES string of the molecule is CC1(C)[C@H](C(=O)O)[C@@H]1C(=O)Nc1cc(Cl)c(Cl)cc1Cl. The molecule has 20 heavy (non-hydrogen) atoms. The summed E-state index contributed by atoms with van der Waals surface area (Å²) in [4.78, 5) is 23.2. The fourth-order valence-corrected chi connectivity index (χ4v) is 3.01. The summed E-state index contributed by atoms with van der Waals surface area (Å²) in [6.07, 6.45) is 0. The number of hydrogen-bond donors (Lipinski definition) is 2. The summed E-state index contributed by atoms with van der Waals surface area (Å²) in [5, 5.41) is 12.5. The highest BCUT2D eigenvalue weighted by Crippen LogP contribution is 2.58. The smallest absolute Gasteiger partial charge is 0.307 e. The van der Waals surface area contributed by atoms with Gasteiger partial charge in [-0.2, -0.15) is 0 Å². The van der Waals surface area contributed by atoms with Gasteiger partial charge < -0.3 is 10.4 Å². The molecular weight excluding hydrogens is 325 g/mol. The molecule has 0 radical (unpaired) electrons. The minimum Gasteiger partial charge on any atom is -0.481 e. The van der Waals surface area contributed by atoms with Crippen molar-refractivity contribution in [2.45, 2.75) is 13.8 Å². The second-order valence-electron chi connectivity index (χ2n) is 5.35. The molecule has 0 unspecified atom stereocenters. The first kappa shape index (κ1) is 15.4. The zero-order valence-electron chi connectivity index (χ0n) is 10.7. The summed E-state index contributed by atoms with van der Waals surface area (Å²) in [6, 6.07) is 2.86. The highest BCUT2D eigenvalue weighted by Gasteiger charge is 2.65. The first-order chi connectivity index (χ1) is 9.16. The first-order valence-electron chi connectivity index (χ1n) is 5.84. The van der Waals surface area contributed by atoms with E-state index in [-0.39, 0.29) is 21.0 Å². The number of carbonyl (C=O) groups excluding carboxylic acids is 1. The quantitative estimate of drug-likeness (QED) is 0.822. The van der Waals surface area contributed by atoms with Crippen LogP contribution in [0.5, 0.6) is 0 Å². The van der Waals surface area contributed by atoms with Crippen molar-refractivity contribution in [1.29, 1.82) is 0 Å². The molecule has 0 bridgehead atoms. The van der Waals surface area contributed by atoms with E-state index in [0.717, 1.165) is 0 Å². The Morgan fingerprint density at radius 3 is 2.15 bits per heavy atom. The minimum atomic E-state index is -0.976. The second-order valence-corrected chi connectivity index (χ2v) is 6.57. The normalized spacial score (nSPS) is 23.2.